The summed E-state index contributed by atoms with van der Waals surface area (Å²) in [7, 11) is 3.01. The van der Waals surface area contributed by atoms with Crippen LogP contribution in [0.4, 0.5) is 5.82 Å². The van der Waals surface area contributed by atoms with Crippen LogP contribution in [0.1, 0.15) is 25.8 Å². The average molecular weight is 276 g/mol. The predicted octanol–water partition coefficient (Wildman–Crippen LogP) is 0.438. The summed E-state index contributed by atoms with van der Waals surface area (Å²) in [6, 6.07) is 1.96. The molecule has 1 aliphatic rings. The maximum Gasteiger partial charge on any atom is 0.332 e. The maximum atomic E-state index is 12.1. The van der Waals surface area contributed by atoms with Crippen LogP contribution in [0.5, 0.6) is 0 Å². The number of hydrogen-bond acceptors (Lipinski definition) is 4. The Balaban J connectivity index is 2.61. The average Bonchev–Trinajstić information content (AvgIpc) is 2.43. The Morgan fingerprint density at radius 1 is 1.15 bits per heavy atom. The first-order valence-electron chi connectivity index (χ1n) is 6.83. The summed E-state index contributed by atoms with van der Waals surface area (Å²) in [4.78, 5) is 26.1. The van der Waals surface area contributed by atoms with E-state index in [1.54, 1.807) is 7.05 Å². The van der Waals surface area contributed by atoms with Crippen molar-refractivity contribution in [2.45, 2.75) is 20.3 Å². The van der Waals surface area contributed by atoms with Crippen molar-refractivity contribution in [2.24, 2.45) is 25.9 Å². The van der Waals surface area contributed by atoms with Gasteiger partial charge in [0.2, 0.25) is 0 Å². The maximum absolute atomic E-state index is 12.1. The number of anilines is 1. The molecule has 0 N–H and O–H groups in total. The molecule has 1 fully saturated rings. The van der Waals surface area contributed by atoms with Crippen LogP contribution in [0, 0.1) is 23.2 Å². The highest BCUT2D eigenvalue weighted by molar-refractivity contribution is 5.53. The molecule has 0 aliphatic carbocycles. The van der Waals surface area contributed by atoms with Gasteiger partial charge >= 0.3 is 5.69 Å². The Bertz CT molecular complexity index is 680. The summed E-state index contributed by atoms with van der Waals surface area (Å²) in [5, 5.41) is 9.28. The lowest BCUT2D eigenvalue weighted by atomic mass is 9.88. The van der Waals surface area contributed by atoms with E-state index in [2.05, 4.69) is 13.8 Å². The van der Waals surface area contributed by atoms with Crippen LogP contribution in [0.2, 0.25) is 0 Å². The van der Waals surface area contributed by atoms with Gasteiger partial charge in [0, 0.05) is 27.2 Å². The van der Waals surface area contributed by atoms with Crippen molar-refractivity contribution in [1.82, 2.24) is 9.13 Å². The van der Waals surface area contributed by atoms with Gasteiger partial charge in [0.1, 0.15) is 11.9 Å². The summed E-state index contributed by atoms with van der Waals surface area (Å²) in [5.41, 5.74) is -0.858. The Hall–Kier alpha value is -2.03. The fraction of sp³-hybridized carbons (Fsp3) is 0.643. The molecule has 0 spiro atoms. The highest BCUT2D eigenvalue weighted by Gasteiger charge is 2.27. The van der Waals surface area contributed by atoms with Crippen LogP contribution in [-0.2, 0) is 14.1 Å². The number of aromatic nitrogens is 2. The van der Waals surface area contributed by atoms with E-state index < -0.39 is 11.2 Å². The van der Waals surface area contributed by atoms with Crippen molar-refractivity contribution >= 4 is 5.82 Å². The Labute approximate surface area is 117 Å². The molecule has 20 heavy (non-hydrogen) atoms. The zero-order valence-electron chi connectivity index (χ0n) is 12.4. The molecule has 1 aromatic heterocycles. The SMILES string of the molecule is CC1CCN(c2c(C#N)c(=O)n(C)c(=O)n2C)CC1C. The molecular formula is C14H20N4O2. The van der Waals surface area contributed by atoms with Gasteiger partial charge in [0.05, 0.1) is 0 Å². The summed E-state index contributed by atoms with van der Waals surface area (Å²) in [6.45, 7) is 5.88. The Kier molecular flexibility index (Phi) is 3.71. The zero-order chi connectivity index (χ0) is 15.0. The minimum absolute atomic E-state index is 0.0522. The van der Waals surface area contributed by atoms with Gasteiger partial charge in [0.25, 0.3) is 5.56 Å². The summed E-state index contributed by atoms with van der Waals surface area (Å²) in [5.74, 6) is 1.54. The van der Waals surface area contributed by atoms with Gasteiger partial charge in [-0.2, -0.15) is 5.26 Å². The van der Waals surface area contributed by atoms with Crippen molar-refractivity contribution in [3.8, 4) is 6.07 Å². The van der Waals surface area contributed by atoms with Crippen molar-refractivity contribution in [3.63, 3.8) is 0 Å². The largest absolute Gasteiger partial charge is 0.356 e. The molecule has 0 bridgehead atoms. The smallest absolute Gasteiger partial charge is 0.332 e. The van der Waals surface area contributed by atoms with E-state index in [0.717, 1.165) is 24.1 Å². The normalized spacial score (nSPS) is 22.6. The molecule has 6 heteroatoms. The van der Waals surface area contributed by atoms with E-state index in [4.69, 9.17) is 0 Å². The van der Waals surface area contributed by atoms with Gasteiger partial charge in [-0.05, 0) is 18.3 Å². The lowest BCUT2D eigenvalue weighted by molar-refractivity contribution is 0.321. The summed E-state index contributed by atoms with van der Waals surface area (Å²) < 4.78 is 2.39. The lowest BCUT2D eigenvalue weighted by Crippen LogP contribution is -2.46. The van der Waals surface area contributed by atoms with E-state index in [1.165, 1.54) is 11.6 Å². The van der Waals surface area contributed by atoms with Gasteiger partial charge in [-0.15, -0.1) is 0 Å². The van der Waals surface area contributed by atoms with Gasteiger partial charge in [0.15, 0.2) is 5.56 Å². The molecule has 0 radical (unpaired) electrons. The molecule has 1 aliphatic heterocycles. The molecule has 0 aromatic carbocycles. The fourth-order valence-corrected chi connectivity index (χ4v) is 2.76. The van der Waals surface area contributed by atoms with Gasteiger partial charge < -0.3 is 4.90 Å². The van der Waals surface area contributed by atoms with Gasteiger partial charge in [-0.3, -0.25) is 13.9 Å². The molecule has 0 amide bonds. The van der Waals surface area contributed by atoms with Crippen LogP contribution in [0.25, 0.3) is 0 Å². The van der Waals surface area contributed by atoms with Crippen molar-refractivity contribution in [1.29, 1.82) is 5.26 Å². The van der Waals surface area contributed by atoms with E-state index >= 15 is 0 Å². The van der Waals surface area contributed by atoms with Crippen molar-refractivity contribution in [3.05, 3.63) is 26.4 Å². The highest BCUT2D eigenvalue weighted by Crippen LogP contribution is 2.27. The summed E-state index contributed by atoms with van der Waals surface area (Å²) >= 11 is 0. The second kappa shape index (κ2) is 5.16. The number of hydrogen-bond donors (Lipinski definition) is 0. The van der Waals surface area contributed by atoms with E-state index in [9.17, 15) is 14.9 Å². The number of piperidine rings is 1. The molecular weight excluding hydrogens is 256 g/mol. The number of nitrogens with zero attached hydrogens (tertiary/aromatic N) is 4. The zero-order valence-corrected chi connectivity index (χ0v) is 12.4. The second-order valence-electron chi connectivity index (χ2n) is 5.71. The highest BCUT2D eigenvalue weighted by atomic mass is 16.2. The number of rotatable bonds is 1. The minimum Gasteiger partial charge on any atom is -0.356 e. The first-order chi connectivity index (χ1) is 9.38. The minimum atomic E-state index is -0.517. The topological polar surface area (TPSA) is 71.0 Å². The van der Waals surface area contributed by atoms with Crippen LogP contribution in [0.3, 0.4) is 0 Å². The van der Waals surface area contributed by atoms with Crippen LogP contribution in [0.15, 0.2) is 9.59 Å². The lowest BCUT2D eigenvalue weighted by Gasteiger charge is -2.37. The summed E-state index contributed by atoms with van der Waals surface area (Å²) in [6.07, 6.45) is 0.995. The Morgan fingerprint density at radius 2 is 1.80 bits per heavy atom. The fourth-order valence-electron chi connectivity index (χ4n) is 2.76. The second-order valence-corrected chi connectivity index (χ2v) is 5.71. The monoisotopic (exact) mass is 276 g/mol. The standard InChI is InChI=1S/C14H20N4O2/c1-9-5-6-18(8-10(9)2)12-11(7-15)13(19)17(4)14(20)16(12)3/h9-10H,5-6,8H2,1-4H3. The van der Waals surface area contributed by atoms with Gasteiger partial charge in [-0.1, -0.05) is 13.8 Å². The molecule has 1 saturated heterocycles. The predicted molar refractivity (Wildman–Crippen MR) is 76.8 cm³/mol. The number of nitriles is 1. The third-order valence-electron chi connectivity index (χ3n) is 4.38. The third-order valence-corrected chi connectivity index (χ3v) is 4.38. The van der Waals surface area contributed by atoms with Crippen LogP contribution < -0.4 is 16.1 Å². The van der Waals surface area contributed by atoms with E-state index in [0.29, 0.717) is 17.7 Å². The quantitative estimate of drug-likeness (QED) is 0.746. The molecule has 0 saturated carbocycles. The molecule has 1 aromatic rings. The van der Waals surface area contributed by atoms with Gasteiger partial charge in [-0.25, -0.2) is 4.79 Å². The van der Waals surface area contributed by atoms with E-state index in [-0.39, 0.29) is 5.56 Å². The molecule has 2 unspecified atom stereocenters. The van der Waals surface area contributed by atoms with Crippen molar-refractivity contribution < 1.29 is 0 Å². The first-order valence-corrected chi connectivity index (χ1v) is 6.83. The molecule has 2 rings (SSSR count). The molecule has 2 heterocycles. The third kappa shape index (κ3) is 2.13. The molecule has 6 nitrogen and oxygen atoms in total. The van der Waals surface area contributed by atoms with E-state index in [1.807, 2.05) is 11.0 Å². The van der Waals surface area contributed by atoms with Crippen LogP contribution >= 0.6 is 0 Å². The Morgan fingerprint density at radius 3 is 2.35 bits per heavy atom. The molecule has 108 valence electrons. The van der Waals surface area contributed by atoms with Crippen LogP contribution in [-0.4, -0.2) is 22.2 Å². The van der Waals surface area contributed by atoms with Crippen molar-refractivity contribution in [2.75, 3.05) is 18.0 Å². The molecule has 2 atom stereocenters. The first kappa shape index (κ1) is 14.4.